The van der Waals surface area contributed by atoms with Crippen molar-refractivity contribution in [3.8, 4) is 0 Å². The van der Waals surface area contributed by atoms with E-state index in [1.807, 2.05) is 0 Å². The van der Waals surface area contributed by atoms with Gasteiger partial charge in [-0.3, -0.25) is 0 Å². The van der Waals surface area contributed by atoms with Gasteiger partial charge in [0.15, 0.2) is 0 Å². The average molecular weight is 367 g/mol. The number of isocyanates is 2. The van der Waals surface area contributed by atoms with E-state index < -0.39 is 10.2 Å². The molecule has 1 fully saturated rings. The minimum Gasteiger partial charge on any atom is -0.431 e. The minimum atomic E-state index is -4.28. The van der Waals surface area contributed by atoms with Crippen LogP contribution in [0, 0.1) is 0 Å². The number of hydrogen-bond acceptors (Lipinski definition) is 8. The molecule has 0 saturated carbocycles. The molecule has 12 heteroatoms. The van der Waals surface area contributed by atoms with Crippen molar-refractivity contribution >= 4 is 51.3 Å². The molecule has 1 atom stereocenters. The van der Waals surface area contributed by atoms with Crippen LogP contribution >= 0.6 is 22.9 Å². The smallest absolute Gasteiger partial charge is 0.383 e. The van der Waals surface area contributed by atoms with Crippen LogP contribution in [0.5, 0.6) is 0 Å². The Kier molecular flexibility index (Phi) is 7.06. The quantitative estimate of drug-likeness (QED) is 0.444. The second-order valence-corrected chi connectivity index (χ2v) is 6.04. The zero-order valence-corrected chi connectivity index (χ0v) is 13.0. The van der Waals surface area contributed by atoms with Crippen LogP contribution in [0.4, 0.5) is 0 Å². The Morgan fingerprint density at radius 2 is 2.00 bits per heavy atom. The van der Waals surface area contributed by atoms with Gasteiger partial charge in [-0.05, 0) is 6.07 Å². The van der Waals surface area contributed by atoms with E-state index in [4.69, 9.17) is 21.1 Å². The topological polar surface area (TPSA) is 129 Å². The molecule has 1 unspecified atom stereocenters. The lowest BCUT2D eigenvalue weighted by Gasteiger charge is -2.25. The molecule has 9 nitrogen and oxygen atoms in total. The van der Waals surface area contributed by atoms with Gasteiger partial charge < -0.3 is 9.47 Å². The standard InChI is InChI=1S/C8H7ClO3S.C2N2O4S/c9-5-3-6(13-4-5)8(10)12-7-1-2-11-7;5-1-3-9(7,8)4-2-6/h3-4,7H,1-2H2;. The number of thiophene rings is 1. The molecule has 1 aliphatic rings. The van der Waals surface area contributed by atoms with E-state index in [9.17, 15) is 22.8 Å². The van der Waals surface area contributed by atoms with Crippen molar-refractivity contribution < 1.29 is 32.3 Å². The first-order chi connectivity index (χ1) is 10.4. The van der Waals surface area contributed by atoms with Crippen molar-refractivity contribution in [1.82, 2.24) is 0 Å². The molecule has 0 spiro atoms. The first kappa shape index (κ1) is 18.2. The maximum Gasteiger partial charge on any atom is 0.383 e. The third-order valence-electron chi connectivity index (χ3n) is 1.97. The highest BCUT2D eigenvalue weighted by Gasteiger charge is 2.23. The molecule has 0 radical (unpaired) electrons. The van der Waals surface area contributed by atoms with E-state index in [0.717, 1.165) is 6.42 Å². The summed E-state index contributed by atoms with van der Waals surface area (Å²) >= 11 is 6.93. The lowest BCUT2D eigenvalue weighted by Crippen LogP contribution is -2.31. The summed E-state index contributed by atoms with van der Waals surface area (Å²) in [5.74, 6) is -0.360. The molecule has 22 heavy (non-hydrogen) atoms. The van der Waals surface area contributed by atoms with E-state index >= 15 is 0 Å². The molecule has 0 N–H and O–H groups in total. The predicted molar refractivity (Wildman–Crippen MR) is 74.3 cm³/mol. The fraction of sp³-hybridized carbons (Fsp3) is 0.300. The zero-order valence-electron chi connectivity index (χ0n) is 10.6. The van der Waals surface area contributed by atoms with Crippen molar-refractivity contribution in [1.29, 1.82) is 0 Å². The van der Waals surface area contributed by atoms with Crippen LogP contribution in [-0.2, 0) is 29.3 Å². The van der Waals surface area contributed by atoms with E-state index in [-0.39, 0.29) is 12.3 Å². The van der Waals surface area contributed by atoms with Gasteiger partial charge in [0.2, 0.25) is 6.29 Å². The number of ether oxygens (including phenoxy) is 2. The maximum absolute atomic E-state index is 11.3. The van der Waals surface area contributed by atoms with Crippen LogP contribution in [0.15, 0.2) is 20.2 Å². The normalized spacial score (nSPS) is 16.0. The summed E-state index contributed by atoms with van der Waals surface area (Å²) in [6, 6.07) is 1.59. The van der Waals surface area contributed by atoms with Crippen LogP contribution in [0.3, 0.4) is 0 Å². The number of carbonyl (C=O) groups excluding carboxylic acids is 3. The Balaban J connectivity index is 0.000000239. The summed E-state index contributed by atoms with van der Waals surface area (Å²) in [6.07, 6.45) is 1.84. The van der Waals surface area contributed by atoms with Gasteiger partial charge in [-0.1, -0.05) is 20.4 Å². The van der Waals surface area contributed by atoms with Gasteiger partial charge in [0.25, 0.3) is 12.2 Å². The molecule has 0 bridgehead atoms. The second kappa shape index (κ2) is 8.54. The predicted octanol–water partition coefficient (Wildman–Crippen LogP) is 1.21. The van der Waals surface area contributed by atoms with Crippen molar-refractivity contribution in [3.63, 3.8) is 0 Å². The van der Waals surface area contributed by atoms with Gasteiger partial charge in [-0.25, -0.2) is 14.4 Å². The van der Waals surface area contributed by atoms with Gasteiger partial charge in [-0.15, -0.1) is 11.3 Å². The number of rotatable bonds is 4. The summed E-state index contributed by atoms with van der Waals surface area (Å²) in [6.45, 7) is 0.670. The summed E-state index contributed by atoms with van der Waals surface area (Å²) in [4.78, 5) is 30.3. The van der Waals surface area contributed by atoms with E-state index in [2.05, 4.69) is 8.80 Å². The molecule has 0 aliphatic carbocycles. The van der Waals surface area contributed by atoms with E-state index in [1.165, 1.54) is 11.3 Å². The molecule has 0 aromatic carbocycles. The highest BCUT2D eigenvalue weighted by molar-refractivity contribution is 7.89. The van der Waals surface area contributed by atoms with Crippen LogP contribution in [0.25, 0.3) is 0 Å². The van der Waals surface area contributed by atoms with Gasteiger partial charge in [-0.2, -0.15) is 8.42 Å². The fourth-order valence-corrected chi connectivity index (χ4v) is 2.20. The van der Waals surface area contributed by atoms with Crippen molar-refractivity contribution in [3.05, 3.63) is 21.3 Å². The molecule has 1 aromatic heterocycles. The van der Waals surface area contributed by atoms with Crippen LogP contribution in [0.1, 0.15) is 16.1 Å². The lowest BCUT2D eigenvalue weighted by molar-refractivity contribution is -0.184. The first-order valence-corrected chi connectivity index (χ1v) is 8.03. The molecule has 2 rings (SSSR count). The van der Waals surface area contributed by atoms with Gasteiger partial charge in [0, 0.05) is 11.8 Å². The summed E-state index contributed by atoms with van der Waals surface area (Å²) in [5, 5.41) is 2.26. The highest BCUT2D eigenvalue weighted by atomic mass is 35.5. The Labute approximate surface area is 133 Å². The molecule has 118 valence electrons. The average Bonchev–Trinajstić information content (AvgIpc) is 2.81. The number of halogens is 1. The summed E-state index contributed by atoms with van der Waals surface area (Å²) in [5.41, 5.74) is 0. The molecule has 1 aromatic rings. The maximum atomic E-state index is 11.3. The molecular weight excluding hydrogens is 360 g/mol. The third kappa shape index (κ3) is 6.27. The number of esters is 1. The molecule has 2 heterocycles. The van der Waals surface area contributed by atoms with Gasteiger partial charge in [0.1, 0.15) is 4.88 Å². The van der Waals surface area contributed by atoms with Crippen molar-refractivity contribution in [2.75, 3.05) is 6.61 Å². The highest BCUT2D eigenvalue weighted by Crippen LogP contribution is 2.22. The Morgan fingerprint density at radius 1 is 1.41 bits per heavy atom. The lowest BCUT2D eigenvalue weighted by atomic mass is 10.3. The monoisotopic (exact) mass is 366 g/mol. The number of hydrogen-bond donors (Lipinski definition) is 0. The van der Waals surface area contributed by atoms with E-state index in [1.54, 1.807) is 11.4 Å². The van der Waals surface area contributed by atoms with E-state index in [0.29, 0.717) is 28.7 Å². The SMILES string of the molecule is O=C(OC1CCO1)c1cc(Cl)cs1.O=C=NS(=O)(=O)N=C=O. The first-order valence-electron chi connectivity index (χ1n) is 5.38. The van der Waals surface area contributed by atoms with Crippen molar-refractivity contribution in [2.24, 2.45) is 8.80 Å². The largest absolute Gasteiger partial charge is 0.431 e. The van der Waals surface area contributed by atoms with Crippen LogP contribution in [0.2, 0.25) is 5.02 Å². The number of nitrogens with zero attached hydrogens (tertiary/aromatic N) is 2. The molecular formula is C10H7ClN2O7S2. The van der Waals surface area contributed by atoms with Crippen LogP contribution in [-0.4, -0.2) is 39.4 Å². The molecule has 1 saturated heterocycles. The second-order valence-electron chi connectivity index (χ2n) is 3.44. The number of carbonyl (C=O) groups is 1. The Bertz CT molecular complexity index is 704. The fourth-order valence-electron chi connectivity index (χ4n) is 1.02. The van der Waals surface area contributed by atoms with Gasteiger partial charge >= 0.3 is 16.2 Å². The zero-order chi connectivity index (χ0) is 16.6. The van der Waals surface area contributed by atoms with Crippen LogP contribution < -0.4 is 0 Å². The summed E-state index contributed by atoms with van der Waals surface area (Å²) < 4.78 is 34.2. The Hall–Kier alpha value is -1.87. The van der Waals surface area contributed by atoms with Crippen molar-refractivity contribution in [2.45, 2.75) is 12.7 Å². The molecule has 1 aliphatic heterocycles. The van der Waals surface area contributed by atoms with Gasteiger partial charge in [0.05, 0.1) is 11.6 Å². The molecule has 0 amide bonds. The third-order valence-corrected chi connectivity index (χ3v) is 3.84. The summed E-state index contributed by atoms with van der Waals surface area (Å²) in [7, 11) is -4.28. The minimum absolute atomic E-state index is 0.353. The Morgan fingerprint density at radius 3 is 2.36 bits per heavy atom.